The van der Waals surface area contributed by atoms with Gasteiger partial charge in [0.2, 0.25) is 0 Å². The fraction of sp³-hybridized carbons (Fsp3) is 0.625. The van der Waals surface area contributed by atoms with E-state index in [1.165, 1.54) is 24.1 Å². The van der Waals surface area contributed by atoms with Crippen molar-refractivity contribution in [1.82, 2.24) is 5.32 Å². The van der Waals surface area contributed by atoms with Crippen LogP contribution < -0.4 is 5.32 Å². The van der Waals surface area contributed by atoms with Crippen molar-refractivity contribution in [1.29, 1.82) is 0 Å². The van der Waals surface area contributed by atoms with Crippen molar-refractivity contribution in [3.63, 3.8) is 0 Å². The molecule has 1 radical (unpaired) electrons. The molecule has 53 valence electrons. The molecule has 10 heavy (non-hydrogen) atoms. The van der Waals surface area contributed by atoms with E-state index in [1.807, 2.05) is 6.21 Å². The molecule has 0 unspecified atom stereocenters. The van der Waals surface area contributed by atoms with Crippen LogP contribution in [0.1, 0.15) is 19.3 Å². The molecule has 2 aliphatic rings. The van der Waals surface area contributed by atoms with Gasteiger partial charge in [0, 0.05) is 19.3 Å². The molecule has 0 aromatic heterocycles. The fourth-order valence-corrected chi connectivity index (χ4v) is 1.47. The summed E-state index contributed by atoms with van der Waals surface area (Å²) < 4.78 is 0. The molecule has 0 atom stereocenters. The largest absolute Gasteiger partial charge is 0.291 e. The van der Waals surface area contributed by atoms with Crippen LogP contribution >= 0.6 is 0 Å². The minimum absolute atomic E-state index is 0.981. The molecule has 0 aromatic carbocycles. The smallest absolute Gasteiger partial charge is 0.0745 e. The van der Waals surface area contributed by atoms with Gasteiger partial charge in [0.05, 0.1) is 5.70 Å². The fourth-order valence-electron chi connectivity index (χ4n) is 1.47. The molecule has 2 heterocycles. The number of allylic oxidation sites excluding steroid dienone is 1. The Kier molecular flexibility index (Phi) is 1.46. The second-order valence-corrected chi connectivity index (χ2v) is 2.76. The highest BCUT2D eigenvalue weighted by atomic mass is 14.9. The van der Waals surface area contributed by atoms with Crippen LogP contribution in [0, 0.1) is 0 Å². The first-order valence-electron chi connectivity index (χ1n) is 3.86. The molecule has 0 spiro atoms. The molecule has 0 amide bonds. The SMILES string of the molecule is C1=NCCC2=C1[N]CCC2. The summed E-state index contributed by atoms with van der Waals surface area (Å²) in [6.45, 7) is 1.99. The molecule has 0 saturated carbocycles. The van der Waals surface area contributed by atoms with Crippen LogP contribution in [-0.4, -0.2) is 19.3 Å². The van der Waals surface area contributed by atoms with E-state index in [1.54, 1.807) is 0 Å². The van der Waals surface area contributed by atoms with E-state index in [0.29, 0.717) is 0 Å². The Morgan fingerprint density at radius 3 is 3.10 bits per heavy atom. The van der Waals surface area contributed by atoms with Gasteiger partial charge in [-0.2, -0.15) is 0 Å². The van der Waals surface area contributed by atoms with E-state index in [2.05, 4.69) is 10.3 Å². The summed E-state index contributed by atoms with van der Waals surface area (Å²) in [4.78, 5) is 4.18. The average Bonchev–Trinajstić information content (AvgIpc) is 2.05. The first-order valence-corrected chi connectivity index (χ1v) is 3.86. The van der Waals surface area contributed by atoms with Gasteiger partial charge in [-0.25, -0.2) is 0 Å². The Labute approximate surface area is 61.0 Å². The Morgan fingerprint density at radius 2 is 2.20 bits per heavy atom. The van der Waals surface area contributed by atoms with Crippen molar-refractivity contribution in [2.24, 2.45) is 4.99 Å². The number of nitrogens with zero attached hydrogens (tertiary/aromatic N) is 2. The topological polar surface area (TPSA) is 26.5 Å². The highest BCUT2D eigenvalue weighted by Gasteiger charge is 2.13. The molecule has 2 nitrogen and oxygen atoms in total. The Bertz CT molecular complexity index is 191. The molecule has 0 aromatic rings. The van der Waals surface area contributed by atoms with Gasteiger partial charge in [-0.05, 0) is 24.8 Å². The van der Waals surface area contributed by atoms with Crippen LogP contribution in [0.3, 0.4) is 0 Å². The number of hydrogen-bond donors (Lipinski definition) is 0. The minimum atomic E-state index is 0.981. The van der Waals surface area contributed by atoms with E-state index < -0.39 is 0 Å². The van der Waals surface area contributed by atoms with Gasteiger partial charge in [-0.3, -0.25) is 10.3 Å². The quantitative estimate of drug-likeness (QED) is 0.476. The molecular weight excluding hydrogens is 124 g/mol. The van der Waals surface area contributed by atoms with Crippen LogP contribution in [0.25, 0.3) is 0 Å². The molecule has 0 saturated heterocycles. The summed E-state index contributed by atoms with van der Waals surface area (Å²) in [5.74, 6) is 0. The zero-order valence-electron chi connectivity index (χ0n) is 6.01. The Hall–Kier alpha value is -0.790. The lowest BCUT2D eigenvalue weighted by atomic mass is 10.00. The van der Waals surface area contributed by atoms with Gasteiger partial charge in [0.1, 0.15) is 0 Å². The molecular formula is C8H11N2. The highest BCUT2D eigenvalue weighted by molar-refractivity contribution is 5.80. The zero-order chi connectivity index (χ0) is 6.81. The third-order valence-electron chi connectivity index (χ3n) is 2.04. The molecule has 0 N–H and O–H groups in total. The van der Waals surface area contributed by atoms with E-state index in [9.17, 15) is 0 Å². The lowest BCUT2D eigenvalue weighted by Crippen LogP contribution is -2.19. The van der Waals surface area contributed by atoms with E-state index in [4.69, 9.17) is 0 Å². The molecule has 2 rings (SSSR count). The summed E-state index contributed by atoms with van der Waals surface area (Å²) in [7, 11) is 0. The number of aliphatic imine (C=N–C) groups is 1. The summed E-state index contributed by atoms with van der Waals surface area (Å²) in [6, 6.07) is 0. The number of hydrogen-bond acceptors (Lipinski definition) is 1. The Morgan fingerprint density at radius 1 is 1.20 bits per heavy atom. The third-order valence-corrected chi connectivity index (χ3v) is 2.04. The number of rotatable bonds is 0. The minimum Gasteiger partial charge on any atom is -0.291 e. The maximum Gasteiger partial charge on any atom is 0.0745 e. The van der Waals surface area contributed by atoms with Crippen LogP contribution in [0.2, 0.25) is 0 Å². The van der Waals surface area contributed by atoms with E-state index in [-0.39, 0.29) is 0 Å². The predicted octanol–water partition coefficient (Wildman–Crippen LogP) is 1.11. The van der Waals surface area contributed by atoms with E-state index in [0.717, 1.165) is 19.5 Å². The van der Waals surface area contributed by atoms with Gasteiger partial charge >= 0.3 is 0 Å². The van der Waals surface area contributed by atoms with Crippen LogP contribution in [0.5, 0.6) is 0 Å². The van der Waals surface area contributed by atoms with Crippen molar-refractivity contribution in [3.05, 3.63) is 11.3 Å². The standard InChI is InChI=1S/C8H11N2/c1-2-7-3-5-9-6-8(7)10-4-1/h6H,1-5H2. The molecule has 0 bridgehead atoms. The van der Waals surface area contributed by atoms with Gasteiger partial charge in [0.25, 0.3) is 0 Å². The van der Waals surface area contributed by atoms with Crippen molar-refractivity contribution >= 4 is 6.21 Å². The van der Waals surface area contributed by atoms with Crippen LogP contribution in [0.4, 0.5) is 0 Å². The summed E-state index contributed by atoms with van der Waals surface area (Å²) >= 11 is 0. The first-order chi connectivity index (χ1) is 4.97. The van der Waals surface area contributed by atoms with Gasteiger partial charge in [-0.15, -0.1) is 0 Å². The molecule has 2 heteroatoms. The van der Waals surface area contributed by atoms with Crippen molar-refractivity contribution in [2.45, 2.75) is 19.3 Å². The lowest BCUT2D eigenvalue weighted by molar-refractivity contribution is 0.643. The summed E-state index contributed by atoms with van der Waals surface area (Å²) in [5, 5.41) is 4.38. The monoisotopic (exact) mass is 135 g/mol. The molecule has 2 aliphatic heterocycles. The normalized spacial score (nSPS) is 24.0. The molecule has 0 aliphatic carbocycles. The third kappa shape index (κ3) is 0.939. The van der Waals surface area contributed by atoms with Gasteiger partial charge in [-0.1, -0.05) is 0 Å². The van der Waals surface area contributed by atoms with Gasteiger partial charge in [0.15, 0.2) is 0 Å². The van der Waals surface area contributed by atoms with E-state index >= 15 is 0 Å². The molecule has 0 fully saturated rings. The van der Waals surface area contributed by atoms with Crippen LogP contribution in [-0.2, 0) is 0 Å². The predicted molar refractivity (Wildman–Crippen MR) is 41.2 cm³/mol. The first kappa shape index (κ1) is 5.96. The second kappa shape index (κ2) is 2.45. The Balaban J connectivity index is 2.23. The van der Waals surface area contributed by atoms with Crippen LogP contribution in [0.15, 0.2) is 16.3 Å². The maximum absolute atomic E-state index is 4.38. The summed E-state index contributed by atoms with van der Waals surface area (Å²) in [6.07, 6.45) is 5.57. The maximum atomic E-state index is 4.38. The number of dihydropyridines is 1. The summed E-state index contributed by atoms with van der Waals surface area (Å²) in [5.41, 5.74) is 2.71. The highest BCUT2D eigenvalue weighted by Crippen LogP contribution is 2.20. The zero-order valence-corrected chi connectivity index (χ0v) is 6.01. The second-order valence-electron chi connectivity index (χ2n) is 2.76. The van der Waals surface area contributed by atoms with Gasteiger partial charge < -0.3 is 0 Å². The lowest BCUT2D eigenvalue weighted by Gasteiger charge is -2.19. The van der Waals surface area contributed by atoms with Crippen molar-refractivity contribution < 1.29 is 0 Å². The van der Waals surface area contributed by atoms with Crippen molar-refractivity contribution in [3.8, 4) is 0 Å². The average molecular weight is 135 g/mol. The van der Waals surface area contributed by atoms with Crippen molar-refractivity contribution in [2.75, 3.05) is 13.1 Å².